The second-order valence-electron chi connectivity index (χ2n) is 3.88. The van der Waals surface area contributed by atoms with Crippen LogP contribution in [0.3, 0.4) is 0 Å². The number of halogens is 3. The first kappa shape index (κ1) is 14.5. The fraction of sp³-hybridized carbons (Fsp3) is 0. The minimum Gasteiger partial charge on any atom is -0.267 e. The van der Waals surface area contributed by atoms with Gasteiger partial charge >= 0.3 is 0 Å². The summed E-state index contributed by atoms with van der Waals surface area (Å²) in [4.78, 5) is 11.7. The van der Waals surface area contributed by atoms with Gasteiger partial charge in [-0.15, -0.1) is 0 Å². The smallest absolute Gasteiger partial charge is 0.267 e. The van der Waals surface area contributed by atoms with Crippen LogP contribution in [-0.2, 0) is 0 Å². The van der Waals surface area contributed by atoms with E-state index in [-0.39, 0.29) is 0 Å². The Morgan fingerprint density at radius 2 is 1.80 bits per heavy atom. The first-order valence-corrected chi connectivity index (χ1v) is 6.36. The Balaban J connectivity index is 2.00. The first-order valence-electron chi connectivity index (χ1n) is 5.60. The molecule has 0 saturated carbocycles. The summed E-state index contributed by atoms with van der Waals surface area (Å²) >= 11 is 11.6. The van der Waals surface area contributed by atoms with Crippen molar-refractivity contribution in [2.45, 2.75) is 0 Å². The maximum atomic E-state index is 12.7. The molecule has 0 aliphatic heterocycles. The molecule has 0 unspecified atom stereocenters. The van der Waals surface area contributed by atoms with Crippen LogP contribution in [0.15, 0.2) is 47.6 Å². The molecule has 102 valence electrons. The van der Waals surface area contributed by atoms with Gasteiger partial charge in [0, 0.05) is 5.56 Å². The second-order valence-corrected chi connectivity index (χ2v) is 4.69. The van der Waals surface area contributed by atoms with E-state index in [0.717, 1.165) is 0 Å². The van der Waals surface area contributed by atoms with Gasteiger partial charge < -0.3 is 0 Å². The van der Waals surface area contributed by atoms with Crippen LogP contribution in [0.2, 0.25) is 10.0 Å². The second kappa shape index (κ2) is 6.50. The van der Waals surface area contributed by atoms with E-state index in [0.29, 0.717) is 21.2 Å². The van der Waals surface area contributed by atoms with E-state index < -0.39 is 11.7 Å². The van der Waals surface area contributed by atoms with Gasteiger partial charge in [0.2, 0.25) is 0 Å². The van der Waals surface area contributed by atoms with E-state index in [1.807, 2.05) is 0 Å². The predicted octanol–water partition coefficient (Wildman–Crippen LogP) is 3.90. The molecule has 0 radical (unpaired) electrons. The minimum atomic E-state index is -0.429. The lowest BCUT2D eigenvalue weighted by atomic mass is 10.2. The number of nitrogens with zero attached hydrogens (tertiary/aromatic N) is 1. The third-order valence-corrected chi connectivity index (χ3v) is 3.17. The van der Waals surface area contributed by atoms with Gasteiger partial charge in [-0.25, -0.2) is 9.82 Å². The number of hydrogen-bond donors (Lipinski definition) is 1. The third-order valence-electron chi connectivity index (χ3n) is 2.43. The summed E-state index contributed by atoms with van der Waals surface area (Å²) in [6.07, 6.45) is 1.43. The molecule has 1 amide bonds. The molecule has 0 fully saturated rings. The molecule has 20 heavy (non-hydrogen) atoms. The summed E-state index contributed by atoms with van der Waals surface area (Å²) in [5, 5.41) is 4.64. The Hall–Kier alpha value is -1.91. The predicted molar refractivity (Wildman–Crippen MR) is 77.9 cm³/mol. The molecule has 3 nitrogen and oxygen atoms in total. The van der Waals surface area contributed by atoms with Gasteiger partial charge in [0.15, 0.2) is 0 Å². The Labute approximate surface area is 125 Å². The quantitative estimate of drug-likeness (QED) is 0.678. The molecular formula is C14H9Cl2FN2O. The van der Waals surface area contributed by atoms with Crippen LogP contribution in [0, 0.1) is 5.82 Å². The van der Waals surface area contributed by atoms with Crippen LogP contribution in [0.4, 0.5) is 4.39 Å². The highest BCUT2D eigenvalue weighted by molar-refractivity contribution is 6.42. The van der Waals surface area contributed by atoms with E-state index in [2.05, 4.69) is 10.5 Å². The molecule has 0 spiro atoms. The van der Waals surface area contributed by atoms with Crippen LogP contribution in [0.25, 0.3) is 0 Å². The van der Waals surface area contributed by atoms with Crippen molar-refractivity contribution in [3.63, 3.8) is 0 Å². The Morgan fingerprint density at radius 1 is 1.10 bits per heavy atom. The number of rotatable bonds is 3. The van der Waals surface area contributed by atoms with Crippen molar-refractivity contribution in [2.75, 3.05) is 0 Å². The highest BCUT2D eigenvalue weighted by Gasteiger charge is 2.03. The van der Waals surface area contributed by atoms with Crippen molar-refractivity contribution in [3.05, 3.63) is 69.5 Å². The fourth-order valence-electron chi connectivity index (χ4n) is 1.42. The number of hydrazone groups is 1. The molecule has 6 heteroatoms. The van der Waals surface area contributed by atoms with Crippen molar-refractivity contribution >= 4 is 35.3 Å². The van der Waals surface area contributed by atoms with Crippen LogP contribution in [-0.4, -0.2) is 12.1 Å². The van der Waals surface area contributed by atoms with Crippen molar-refractivity contribution in [2.24, 2.45) is 5.10 Å². The molecular weight excluding hydrogens is 302 g/mol. The van der Waals surface area contributed by atoms with E-state index in [9.17, 15) is 9.18 Å². The Morgan fingerprint density at radius 3 is 2.45 bits per heavy atom. The van der Waals surface area contributed by atoms with Gasteiger partial charge in [-0.05, 0) is 42.0 Å². The van der Waals surface area contributed by atoms with Gasteiger partial charge in [0.25, 0.3) is 5.91 Å². The number of amides is 1. The maximum Gasteiger partial charge on any atom is 0.271 e. The topological polar surface area (TPSA) is 41.5 Å². The average molecular weight is 311 g/mol. The molecule has 0 bridgehead atoms. The lowest BCUT2D eigenvalue weighted by Crippen LogP contribution is -2.17. The van der Waals surface area contributed by atoms with Crippen LogP contribution in [0.5, 0.6) is 0 Å². The zero-order chi connectivity index (χ0) is 14.5. The highest BCUT2D eigenvalue weighted by atomic mass is 35.5. The van der Waals surface area contributed by atoms with Gasteiger partial charge in [-0.2, -0.15) is 5.10 Å². The fourth-order valence-corrected chi connectivity index (χ4v) is 1.73. The molecule has 0 saturated heterocycles. The third kappa shape index (κ3) is 3.79. The standard InChI is InChI=1S/C14H9Cl2FN2O/c15-12-6-1-9(7-13(12)16)8-18-19-14(20)10-2-4-11(17)5-3-10/h1-8H,(H,19,20)/b18-8-. The van der Waals surface area contributed by atoms with Crippen LogP contribution in [0.1, 0.15) is 15.9 Å². The zero-order valence-electron chi connectivity index (χ0n) is 10.1. The molecule has 0 aromatic heterocycles. The molecule has 0 atom stereocenters. The summed E-state index contributed by atoms with van der Waals surface area (Å²) in [6.45, 7) is 0. The maximum absolute atomic E-state index is 12.7. The number of carbonyl (C=O) groups excluding carboxylic acids is 1. The van der Waals surface area contributed by atoms with E-state index in [4.69, 9.17) is 23.2 Å². The Bertz CT molecular complexity index is 657. The SMILES string of the molecule is O=C(N/N=C\c1ccc(Cl)c(Cl)c1)c1ccc(F)cc1. The number of carbonyl (C=O) groups is 1. The molecule has 0 aliphatic carbocycles. The summed E-state index contributed by atoms with van der Waals surface area (Å²) < 4.78 is 12.7. The van der Waals surface area contributed by atoms with E-state index >= 15 is 0 Å². The zero-order valence-corrected chi connectivity index (χ0v) is 11.6. The molecule has 0 aliphatic rings. The van der Waals surface area contributed by atoms with Gasteiger partial charge in [-0.1, -0.05) is 29.3 Å². The Kier molecular flexibility index (Phi) is 4.71. The molecule has 2 aromatic rings. The van der Waals surface area contributed by atoms with Crippen LogP contribution >= 0.6 is 23.2 Å². The largest absolute Gasteiger partial charge is 0.271 e. The number of nitrogens with one attached hydrogen (secondary N) is 1. The van der Waals surface area contributed by atoms with Crippen molar-refractivity contribution in [1.29, 1.82) is 0 Å². The summed E-state index contributed by atoms with van der Waals surface area (Å²) in [5.74, 6) is -0.831. The van der Waals surface area contributed by atoms with Gasteiger partial charge in [0.1, 0.15) is 5.82 Å². The average Bonchev–Trinajstić information content (AvgIpc) is 2.43. The van der Waals surface area contributed by atoms with Crippen molar-refractivity contribution in [1.82, 2.24) is 5.43 Å². The minimum absolute atomic E-state index is 0.317. The number of hydrogen-bond acceptors (Lipinski definition) is 2. The van der Waals surface area contributed by atoms with Gasteiger partial charge in [0.05, 0.1) is 16.3 Å². The summed E-state index contributed by atoms with van der Waals surface area (Å²) in [6, 6.07) is 10.1. The summed E-state index contributed by atoms with van der Waals surface area (Å²) in [7, 11) is 0. The molecule has 2 aromatic carbocycles. The van der Waals surface area contributed by atoms with E-state index in [1.54, 1.807) is 18.2 Å². The van der Waals surface area contributed by atoms with Crippen molar-refractivity contribution < 1.29 is 9.18 Å². The molecule has 0 heterocycles. The highest BCUT2D eigenvalue weighted by Crippen LogP contribution is 2.21. The summed E-state index contributed by atoms with van der Waals surface area (Å²) in [5.41, 5.74) is 3.34. The lowest BCUT2D eigenvalue weighted by Gasteiger charge is -2.00. The first-order chi connectivity index (χ1) is 9.56. The normalized spacial score (nSPS) is 10.8. The monoisotopic (exact) mass is 310 g/mol. The lowest BCUT2D eigenvalue weighted by molar-refractivity contribution is 0.0955. The van der Waals surface area contributed by atoms with Crippen LogP contribution < -0.4 is 5.43 Å². The van der Waals surface area contributed by atoms with E-state index in [1.165, 1.54) is 30.5 Å². The van der Waals surface area contributed by atoms with Crippen molar-refractivity contribution in [3.8, 4) is 0 Å². The molecule has 2 rings (SSSR count). The molecule has 1 N–H and O–H groups in total. The number of benzene rings is 2. The van der Waals surface area contributed by atoms with Gasteiger partial charge in [-0.3, -0.25) is 4.79 Å².